The van der Waals surface area contributed by atoms with Crippen molar-refractivity contribution in [3.05, 3.63) is 59.6 Å². The van der Waals surface area contributed by atoms with Gasteiger partial charge in [0.25, 0.3) is 5.91 Å². The molecule has 6 nitrogen and oxygen atoms in total. The topological polar surface area (TPSA) is 72.4 Å². The molecule has 1 aromatic carbocycles. The molecule has 0 spiro atoms. The Morgan fingerprint density at radius 2 is 2.08 bits per heavy atom. The van der Waals surface area contributed by atoms with Crippen molar-refractivity contribution in [2.75, 3.05) is 13.1 Å². The number of aromatic nitrogens is 2. The lowest BCUT2D eigenvalue weighted by molar-refractivity contribution is 0.0694. The maximum Gasteiger partial charge on any atom is 0.257 e. The first kappa shape index (κ1) is 16.5. The Labute approximate surface area is 149 Å². The smallest absolute Gasteiger partial charge is 0.257 e. The Kier molecular flexibility index (Phi) is 4.28. The van der Waals surface area contributed by atoms with Crippen LogP contribution in [0, 0.1) is 12.7 Å². The van der Waals surface area contributed by atoms with Gasteiger partial charge in [-0.15, -0.1) is 0 Å². The number of aryl methyl sites for hydroxylation is 1. The summed E-state index contributed by atoms with van der Waals surface area (Å²) >= 11 is 0. The summed E-state index contributed by atoms with van der Waals surface area (Å²) < 4.78 is 23.7. The monoisotopic (exact) mass is 355 g/mol. The predicted molar refractivity (Wildman–Crippen MR) is 91.0 cm³/mol. The van der Waals surface area contributed by atoms with E-state index in [0.29, 0.717) is 41.7 Å². The molecule has 1 unspecified atom stereocenters. The number of hydrogen-bond donors (Lipinski definition) is 0. The number of amides is 1. The molecule has 2 aromatic heterocycles. The third-order valence-corrected chi connectivity index (χ3v) is 4.69. The standard InChI is InChI=1S/C19H18FN3O3/c1-12-16(8-10-25-12)19(24)23-9-2-3-14(11-23)18-21-17(22-26-18)13-4-6-15(20)7-5-13/h4-8,10,14H,2-3,9,11H2,1H3. The number of benzene rings is 1. The van der Waals surface area contributed by atoms with Crippen LogP contribution >= 0.6 is 0 Å². The van der Waals surface area contributed by atoms with Crippen molar-refractivity contribution >= 4 is 5.91 Å². The molecule has 1 amide bonds. The zero-order valence-corrected chi connectivity index (χ0v) is 14.3. The van der Waals surface area contributed by atoms with E-state index in [1.165, 1.54) is 18.4 Å². The van der Waals surface area contributed by atoms with E-state index in [9.17, 15) is 9.18 Å². The first-order valence-corrected chi connectivity index (χ1v) is 8.55. The molecule has 1 atom stereocenters. The molecule has 26 heavy (non-hydrogen) atoms. The van der Waals surface area contributed by atoms with Gasteiger partial charge in [0.2, 0.25) is 11.7 Å². The number of furan rings is 1. The second kappa shape index (κ2) is 6.74. The van der Waals surface area contributed by atoms with Crippen LogP contribution in [-0.2, 0) is 0 Å². The molecule has 1 fully saturated rings. The fourth-order valence-corrected chi connectivity index (χ4v) is 3.26. The van der Waals surface area contributed by atoms with Crippen molar-refractivity contribution in [1.29, 1.82) is 0 Å². The molecule has 4 rings (SSSR count). The maximum absolute atomic E-state index is 13.1. The molecule has 134 valence electrons. The largest absolute Gasteiger partial charge is 0.469 e. The predicted octanol–water partition coefficient (Wildman–Crippen LogP) is 3.80. The molecule has 1 aliphatic rings. The molecule has 0 saturated carbocycles. The third-order valence-electron chi connectivity index (χ3n) is 4.69. The highest BCUT2D eigenvalue weighted by molar-refractivity contribution is 5.95. The minimum absolute atomic E-state index is 0.0124. The Bertz CT molecular complexity index is 916. The Morgan fingerprint density at radius 1 is 1.27 bits per heavy atom. The van der Waals surface area contributed by atoms with Gasteiger partial charge in [-0.25, -0.2) is 4.39 Å². The van der Waals surface area contributed by atoms with Gasteiger partial charge in [-0.05, 0) is 50.1 Å². The normalized spacial score (nSPS) is 17.5. The quantitative estimate of drug-likeness (QED) is 0.715. The van der Waals surface area contributed by atoms with Gasteiger partial charge in [0.05, 0.1) is 17.7 Å². The van der Waals surface area contributed by atoms with Crippen molar-refractivity contribution in [1.82, 2.24) is 15.0 Å². The van der Waals surface area contributed by atoms with Crippen LogP contribution in [0.1, 0.15) is 40.8 Å². The lowest BCUT2D eigenvalue weighted by Crippen LogP contribution is -2.39. The van der Waals surface area contributed by atoms with Crippen molar-refractivity contribution in [2.24, 2.45) is 0 Å². The maximum atomic E-state index is 13.1. The summed E-state index contributed by atoms with van der Waals surface area (Å²) in [7, 11) is 0. The van der Waals surface area contributed by atoms with Crippen molar-refractivity contribution in [3.8, 4) is 11.4 Å². The first-order valence-electron chi connectivity index (χ1n) is 8.55. The zero-order chi connectivity index (χ0) is 18.1. The van der Waals surface area contributed by atoms with E-state index in [1.54, 1.807) is 30.0 Å². The lowest BCUT2D eigenvalue weighted by atomic mass is 9.97. The van der Waals surface area contributed by atoms with Gasteiger partial charge in [-0.2, -0.15) is 4.98 Å². The van der Waals surface area contributed by atoms with Gasteiger partial charge < -0.3 is 13.8 Å². The van der Waals surface area contributed by atoms with Gasteiger partial charge >= 0.3 is 0 Å². The number of likely N-dealkylation sites (tertiary alicyclic amines) is 1. The van der Waals surface area contributed by atoms with Crippen LogP contribution < -0.4 is 0 Å². The number of hydrogen-bond acceptors (Lipinski definition) is 5. The Balaban J connectivity index is 1.51. The fourth-order valence-electron chi connectivity index (χ4n) is 3.26. The van der Waals surface area contributed by atoms with Crippen molar-refractivity contribution in [3.63, 3.8) is 0 Å². The van der Waals surface area contributed by atoms with E-state index >= 15 is 0 Å². The lowest BCUT2D eigenvalue weighted by Gasteiger charge is -2.30. The van der Waals surface area contributed by atoms with E-state index in [2.05, 4.69) is 10.1 Å². The van der Waals surface area contributed by atoms with E-state index in [4.69, 9.17) is 8.94 Å². The third kappa shape index (κ3) is 3.12. The second-order valence-corrected chi connectivity index (χ2v) is 6.44. The summed E-state index contributed by atoms with van der Waals surface area (Å²) in [5, 5.41) is 4.00. The molecule has 3 aromatic rings. The minimum Gasteiger partial charge on any atom is -0.469 e. The van der Waals surface area contributed by atoms with Crippen LogP contribution in [0.25, 0.3) is 11.4 Å². The summed E-state index contributed by atoms with van der Waals surface area (Å²) in [6, 6.07) is 7.64. The van der Waals surface area contributed by atoms with Crippen molar-refractivity contribution < 1.29 is 18.1 Å². The van der Waals surface area contributed by atoms with Crippen LogP contribution in [0.15, 0.2) is 45.5 Å². The van der Waals surface area contributed by atoms with Gasteiger partial charge in [0, 0.05) is 18.7 Å². The van der Waals surface area contributed by atoms with Crippen LogP contribution in [0.3, 0.4) is 0 Å². The van der Waals surface area contributed by atoms with Gasteiger partial charge in [-0.3, -0.25) is 4.79 Å². The summed E-state index contributed by atoms with van der Waals surface area (Å²) in [5.74, 6) is 1.18. The zero-order valence-electron chi connectivity index (χ0n) is 14.3. The van der Waals surface area contributed by atoms with Crippen LogP contribution in [0.5, 0.6) is 0 Å². The Hall–Kier alpha value is -2.96. The number of carbonyl (C=O) groups excluding carboxylic acids is 1. The number of halogens is 1. The van der Waals surface area contributed by atoms with E-state index < -0.39 is 0 Å². The number of rotatable bonds is 3. The van der Waals surface area contributed by atoms with Gasteiger partial charge in [0.1, 0.15) is 11.6 Å². The average Bonchev–Trinajstić information content (AvgIpc) is 3.31. The highest BCUT2D eigenvalue weighted by Crippen LogP contribution is 2.28. The Morgan fingerprint density at radius 3 is 2.81 bits per heavy atom. The SMILES string of the molecule is Cc1occc1C(=O)N1CCCC(c2nc(-c3ccc(F)cc3)no2)C1. The van der Waals surface area contributed by atoms with E-state index in [-0.39, 0.29) is 17.6 Å². The molecule has 0 aliphatic carbocycles. The molecule has 7 heteroatoms. The highest BCUT2D eigenvalue weighted by atomic mass is 19.1. The van der Waals surface area contributed by atoms with E-state index in [0.717, 1.165) is 12.8 Å². The van der Waals surface area contributed by atoms with E-state index in [1.807, 2.05) is 0 Å². The second-order valence-electron chi connectivity index (χ2n) is 6.44. The summed E-state index contributed by atoms with van der Waals surface area (Å²) in [5.41, 5.74) is 1.28. The molecule has 0 N–H and O–H groups in total. The molecule has 0 radical (unpaired) electrons. The molecule has 1 aliphatic heterocycles. The summed E-state index contributed by atoms with van der Waals surface area (Å²) in [6.45, 7) is 3.00. The molecular weight excluding hydrogens is 337 g/mol. The highest BCUT2D eigenvalue weighted by Gasteiger charge is 2.30. The van der Waals surface area contributed by atoms with Crippen LogP contribution in [0.4, 0.5) is 4.39 Å². The first-order chi connectivity index (χ1) is 12.6. The fraction of sp³-hybridized carbons (Fsp3) is 0.316. The van der Waals surface area contributed by atoms with Crippen LogP contribution in [-0.4, -0.2) is 34.0 Å². The molecule has 1 saturated heterocycles. The minimum atomic E-state index is -0.312. The molecule has 3 heterocycles. The van der Waals surface area contributed by atoms with Gasteiger partial charge in [-0.1, -0.05) is 5.16 Å². The average molecular weight is 355 g/mol. The number of carbonyl (C=O) groups is 1. The number of piperidine rings is 1. The van der Waals surface area contributed by atoms with Gasteiger partial charge in [0.15, 0.2) is 0 Å². The number of nitrogens with zero attached hydrogens (tertiary/aromatic N) is 3. The van der Waals surface area contributed by atoms with Crippen molar-refractivity contribution in [2.45, 2.75) is 25.7 Å². The summed E-state index contributed by atoms with van der Waals surface area (Å²) in [6.07, 6.45) is 3.26. The van der Waals surface area contributed by atoms with Crippen LogP contribution in [0.2, 0.25) is 0 Å². The molecular formula is C19H18FN3O3. The summed E-state index contributed by atoms with van der Waals surface area (Å²) in [4.78, 5) is 18.9. The molecule has 0 bridgehead atoms.